The van der Waals surface area contributed by atoms with Crippen LogP contribution in [0.1, 0.15) is 19.7 Å². The molecular weight excluding hydrogens is 328 g/mol. The highest BCUT2D eigenvalue weighted by molar-refractivity contribution is 9.10. The van der Waals surface area contributed by atoms with Gasteiger partial charge < -0.3 is 9.63 Å². The number of rotatable bonds is 5. The highest BCUT2D eigenvalue weighted by atomic mass is 79.9. The van der Waals surface area contributed by atoms with Crippen LogP contribution in [-0.4, -0.2) is 21.0 Å². The Labute approximate surface area is 124 Å². The van der Waals surface area contributed by atoms with Crippen LogP contribution < -0.4 is 0 Å². The number of halogens is 1. The summed E-state index contributed by atoms with van der Waals surface area (Å²) in [5, 5.41) is 13.6. The van der Waals surface area contributed by atoms with Crippen molar-refractivity contribution >= 4 is 27.7 Å². The lowest BCUT2D eigenvalue weighted by molar-refractivity contribution is 0.424. The molecular formula is C13H15BrN2O2S. The molecule has 0 bridgehead atoms. The molecule has 0 amide bonds. The summed E-state index contributed by atoms with van der Waals surface area (Å²) >= 11 is 5.02. The highest BCUT2D eigenvalue weighted by Crippen LogP contribution is 2.29. The van der Waals surface area contributed by atoms with Crippen molar-refractivity contribution in [2.45, 2.75) is 19.6 Å². The first-order valence-electron chi connectivity index (χ1n) is 5.95. The van der Waals surface area contributed by atoms with Crippen LogP contribution in [0.25, 0.3) is 11.5 Å². The van der Waals surface area contributed by atoms with Gasteiger partial charge in [-0.05, 0) is 45.8 Å². The van der Waals surface area contributed by atoms with Crippen molar-refractivity contribution in [3.8, 4) is 17.2 Å². The lowest BCUT2D eigenvalue weighted by Crippen LogP contribution is -1.92. The van der Waals surface area contributed by atoms with Crippen LogP contribution in [0.5, 0.6) is 5.75 Å². The van der Waals surface area contributed by atoms with Gasteiger partial charge in [-0.25, -0.2) is 0 Å². The molecule has 2 rings (SSSR count). The number of aromatic nitrogens is 2. The molecule has 0 unspecified atom stereocenters. The lowest BCUT2D eigenvalue weighted by atomic mass is 10.2. The molecule has 0 spiro atoms. The van der Waals surface area contributed by atoms with Gasteiger partial charge in [-0.15, -0.1) is 0 Å². The number of hydrogen-bond acceptors (Lipinski definition) is 5. The van der Waals surface area contributed by atoms with Crippen molar-refractivity contribution in [3.05, 3.63) is 28.5 Å². The normalized spacial score (nSPS) is 11.2. The highest BCUT2D eigenvalue weighted by Gasteiger charge is 2.10. The van der Waals surface area contributed by atoms with E-state index in [2.05, 4.69) is 39.9 Å². The van der Waals surface area contributed by atoms with Gasteiger partial charge in [0.05, 0.1) is 10.2 Å². The summed E-state index contributed by atoms with van der Waals surface area (Å²) in [6, 6.07) is 5.17. The van der Waals surface area contributed by atoms with Crippen LogP contribution in [0.3, 0.4) is 0 Å². The Morgan fingerprint density at radius 3 is 2.89 bits per heavy atom. The summed E-state index contributed by atoms with van der Waals surface area (Å²) in [4.78, 5) is 4.32. The van der Waals surface area contributed by atoms with Gasteiger partial charge in [-0.3, -0.25) is 0 Å². The van der Waals surface area contributed by atoms with E-state index in [4.69, 9.17) is 4.52 Å². The molecule has 1 aromatic carbocycles. The third kappa shape index (κ3) is 3.98. The van der Waals surface area contributed by atoms with Crippen LogP contribution in [0.4, 0.5) is 0 Å². The minimum absolute atomic E-state index is 0.159. The van der Waals surface area contributed by atoms with Crippen molar-refractivity contribution < 1.29 is 9.63 Å². The van der Waals surface area contributed by atoms with Gasteiger partial charge in [-0.1, -0.05) is 19.0 Å². The van der Waals surface area contributed by atoms with Crippen molar-refractivity contribution in [3.63, 3.8) is 0 Å². The molecule has 0 radical (unpaired) electrons. The second kappa shape index (κ2) is 6.43. The van der Waals surface area contributed by atoms with E-state index in [0.717, 1.165) is 11.5 Å². The fourth-order valence-corrected chi connectivity index (χ4v) is 2.60. The van der Waals surface area contributed by atoms with Crippen LogP contribution >= 0.6 is 27.7 Å². The van der Waals surface area contributed by atoms with Crippen molar-refractivity contribution in [2.75, 3.05) is 5.75 Å². The summed E-state index contributed by atoms with van der Waals surface area (Å²) in [7, 11) is 0. The fourth-order valence-electron chi connectivity index (χ4n) is 1.46. The SMILES string of the molecule is CC(C)CSCc1noc(-c2ccc(Br)c(O)c2)n1. The predicted octanol–water partition coefficient (Wildman–Crippen LogP) is 4.09. The molecule has 102 valence electrons. The summed E-state index contributed by atoms with van der Waals surface area (Å²) in [6.07, 6.45) is 0. The maximum Gasteiger partial charge on any atom is 0.258 e. The maximum atomic E-state index is 9.63. The van der Waals surface area contributed by atoms with E-state index >= 15 is 0 Å². The quantitative estimate of drug-likeness (QED) is 0.886. The smallest absolute Gasteiger partial charge is 0.258 e. The van der Waals surface area contributed by atoms with E-state index in [0.29, 0.717) is 27.7 Å². The largest absolute Gasteiger partial charge is 0.507 e. The van der Waals surface area contributed by atoms with E-state index in [-0.39, 0.29) is 5.75 Å². The van der Waals surface area contributed by atoms with Crippen LogP contribution in [0.15, 0.2) is 27.2 Å². The van der Waals surface area contributed by atoms with E-state index < -0.39 is 0 Å². The number of phenolic OH excluding ortho intramolecular Hbond substituents is 1. The van der Waals surface area contributed by atoms with E-state index in [1.54, 1.807) is 23.9 Å². The van der Waals surface area contributed by atoms with Crippen LogP contribution in [0, 0.1) is 5.92 Å². The van der Waals surface area contributed by atoms with Crippen molar-refractivity contribution in [2.24, 2.45) is 5.92 Å². The minimum Gasteiger partial charge on any atom is -0.507 e. The van der Waals surface area contributed by atoms with Gasteiger partial charge in [-0.2, -0.15) is 16.7 Å². The van der Waals surface area contributed by atoms with Gasteiger partial charge in [0.2, 0.25) is 0 Å². The second-order valence-electron chi connectivity index (χ2n) is 4.59. The van der Waals surface area contributed by atoms with E-state index in [9.17, 15) is 5.11 Å². The van der Waals surface area contributed by atoms with Gasteiger partial charge >= 0.3 is 0 Å². The van der Waals surface area contributed by atoms with Crippen LogP contribution in [-0.2, 0) is 5.75 Å². The van der Waals surface area contributed by atoms with Gasteiger partial charge in [0.25, 0.3) is 5.89 Å². The number of hydrogen-bond donors (Lipinski definition) is 1. The topological polar surface area (TPSA) is 59.2 Å². The summed E-state index contributed by atoms with van der Waals surface area (Å²) in [6.45, 7) is 4.36. The number of benzene rings is 1. The Morgan fingerprint density at radius 2 is 2.21 bits per heavy atom. The Morgan fingerprint density at radius 1 is 1.42 bits per heavy atom. The van der Waals surface area contributed by atoms with Crippen LogP contribution in [0.2, 0.25) is 0 Å². The molecule has 0 aliphatic heterocycles. The summed E-state index contributed by atoms with van der Waals surface area (Å²) in [5.41, 5.74) is 0.716. The van der Waals surface area contributed by atoms with Crippen molar-refractivity contribution in [1.82, 2.24) is 10.1 Å². The zero-order valence-corrected chi connectivity index (χ0v) is 13.2. The monoisotopic (exact) mass is 342 g/mol. The minimum atomic E-state index is 0.159. The Balaban J connectivity index is 2.05. The molecule has 0 aliphatic carbocycles. The third-order valence-corrected chi connectivity index (χ3v) is 4.38. The molecule has 0 fully saturated rings. The molecule has 4 nitrogen and oxygen atoms in total. The fraction of sp³-hybridized carbons (Fsp3) is 0.385. The lowest BCUT2D eigenvalue weighted by Gasteiger charge is -2.00. The molecule has 2 aromatic rings. The number of thioether (sulfide) groups is 1. The standard InChI is InChI=1S/C13H15BrN2O2S/c1-8(2)6-19-7-12-15-13(18-16-12)9-3-4-10(14)11(17)5-9/h3-5,8,17H,6-7H2,1-2H3. The zero-order valence-electron chi connectivity index (χ0n) is 10.8. The molecule has 0 saturated heterocycles. The number of aromatic hydroxyl groups is 1. The Hall–Kier alpha value is -1.01. The molecule has 0 aliphatic rings. The average molecular weight is 343 g/mol. The maximum absolute atomic E-state index is 9.63. The first-order valence-corrected chi connectivity index (χ1v) is 7.90. The molecule has 1 heterocycles. The zero-order chi connectivity index (χ0) is 13.8. The number of phenols is 1. The molecule has 0 atom stereocenters. The molecule has 19 heavy (non-hydrogen) atoms. The molecule has 0 saturated carbocycles. The van der Waals surface area contributed by atoms with Gasteiger partial charge in [0, 0.05) is 5.56 Å². The van der Waals surface area contributed by atoms with Gasteiger partial charge in [0.1, 0.15) is 5.75 Å². The Kier molecular flexibility index (Phi) is 4.87. The first-order chi connectivity index (χ1) is 9.06. The second-order valence-corrected chi connectivity index (χ2v) is 6.48. The van der Waals surface area contributed by atoms with E-state index in [1.165, 1.54) is 0 Å². The third-order valence-electron chi connectivity index (χ3n) is 2.34. The molecule has 1 N–H and O–H groups in total. The first kappa shape index (κ1) is 14.4. The van der Waals surface area contributed by atoms with E-state index in [1.807, 2.05) is 6.07 Å². The summed E-state index contributed by atoms with van der Waals surface area (Å²) in [5.74, 6) is 3.74. The average Bonchev–Trinajstić information content (AvgIpc) is 2.81. The summed E-state index contributed by atoms with van der Waals surface area (Å²) < 4.78 is 5.84. The number of nitrogens with zero attached hydrogens (tertiary/aromatic N) is 2. The molecule has 6 heteroatoms. The Bertz CT molecular complexity index is 557. The van der Waals surface area contributed by atoms with Gasteiger partial charge in [0.15, 0.2) is 5.82 Å². The predicted molar refractivity (Wildman–Crippen MR) is 80.1 cm³/mol. The van der Waals surface area contributed by atoms with Crippen molar-refractivity contribution in [1.29, 1.82) is 0 Å². The molecule has 1 aromatic heterocycles.